The largest absolute Gasteiger partial charge is 0.0836 e. The highest BCUT2D eigenvalue weighted by atomic mass is 14.2. The number of benzene rings is 3. The molecule has 0 N–H and O–H groups in total. The van der Waals surface area contributed by atoms with Crippen molar-refractivity contribution in [2.75, 3.05) is 0 Å². The minimum Gasteiger partial charge on any atom is -0.0836 e. The number of hydrogen-bond acceptors (Lipinski definition) is 0. The fourth-order valence-electron chi connectivity index (χ4n) is 4.79. The molecule has 4 rings (SSSR count). The predicted octanol–water partition coefficient (Wildman–Crippen LogP) is 9.39. The number of allylic oxidation sites excluding steroid dienone is 3. The topological polar surface area (TPSA) is 0 Å². The molecule has 0 spiro atoms. The third kappa shape index (κ3) is 5.30. The highest BCUT2D eigenvalue weighted by Gasteiger charge is 2.14. The SMILES string of the molecule is CCC/C(=C\C(CCC)c1ccc2c(c1)C=CCC2)c1ccc(-c2ccc(C)cc2)cc1. The van der Waals surface area contributed by atoms with E-state index in [-0.39, 0.29) is 0 Å². The second-order valence-corrected chi connectivity index (χ2v) is 9.18. The Hall–Kier alpha value is -2.86. The monoisotopic (exact) mass is 420 g/mol. The molecule has 32 heavy (non-hydrogen) atoms. The van der Waals surface area contributed by atoms with Crippen molar-refractivity contribution in [2.24, 2.45) is 0 Å². The molecule has 164 valence electrons. The fourth-order valence-corrected chi connectivity index (χ4v) is 4.79. The third-order valence-corrected chi connectivity index (χ3v) is 6.64. The Labute approximate surface area is 194 Å². The van der Waals surface area contributed by atoms with Gasteiger partial charge in [0.05, 0.1) is 0 Å². The van der Waals surface area contributed by atoms with Gasteiger partial charge in [0.25, 0.3) is 0 Å². The lowest BCUT2D eigenvalue weighted by Gasteiger charge is -2.19. The summed E-state index contributed by atoms with van der Waals surface area (Å²) in [5, 5.41) is 0. The first kappa shape index (κ1) is 22.3. The minimum atomic E-state index is 0.471. The molecule has 3 aromatic carbocycles. The van der Waals surface area contributed by atoms with Crippen molar-refractivity contribution in [1.82, 2.24) is 0 Å². The molecular weight excluding hydrogens is 384 g/mol. The highest BCUT2D eigenvalue weighted by Crippen LogP contribution is 2.33. The zero-order valence-electron chi connectivity index (χ0n) is 19.9. The molecule has 0 nitrogen and oxygen atoms in total. The van der Waals surface area contributed by atoms with Gasteiger partial charge in [-0.05, 0) is 71.6 Å². The zero-order chi connectivity index (χ0) is 22.3. The van der Waals surface area contributed by atoms with E-state index in [1.165, 1.54) is 70.2 Å². The molecule has 0 aliphatic heterocycles. The van der Waals surface area contributed by atoms with Gasteiger partial charge in [-0.2, -0.15) is 0 Å². The molecule has 0 amide bonds. The maximum Gasteiger partial charge on any atom is 0.00241 e. The smallest absolute Gasteiger partial charge is 0.00241 e. The molecule has 0 heteroatoms. The van der Waals surface area contributed by atoms with E-state index in [9.17, 15) is 0 Å². The summed E-state index contributed by atoms with van der Waals surface area (Å²) >= 11 is 0. The van der Waals surface area contributed by atoms with Crippen molar-refractivity contribution < 1.29 is 0 Å². The summed E-state index contributed by atoms with van der Waals surface area (Å²) in [6, 6.07) is 25.2. The summed E-state index contributed by atoms with van der Waals surface area (Å²) in [6.07, 6.45) is 14.2. The van der Waals surface area contributed by atoms with Crippen LogP contribution in [0, 0.1) is 6.92 Å². The Morgan fingerprint density at radius 1 is 0.875 bits per heavy atom. The molecule has 1 unspecified atom stereocenters. The van der Waals surface area contributed by atoms with Gasteiger partial charge in [-0.25, -0.2) is 0 Å². The highest BCUT2D eigenvalue weighted by molar-refractivity contribution is 5.71. The van der Waals surface area contributed by atoms with E-state index in [1.807, 2.05) is 0 Å². The molecule has 0 fully saturated rings. The van der Waals surface area contributed by atoms with Crippen molar-refractivity contribution in [3.05, 3.63) is 107 Å². The first-order valence-corrected chi connectivity index (χ1v) is 12.4. The molecule has 3 aromatic rings. The van der Waals surface area contributed by atoms with Crippen LogP contribution in [-0.2, 0) is 6.42 Å². The standard InChI is InChI=1S/C32H36/c1-4-8-29(28-18-16-27(17-19-28)26-14-12-24(3)13-15-26)22-30(9-5-2)32-21-20-25-10-6-7-11-31(25)23-32/h7,11-23,30H,4-6,8-10H2,1-3H3/b29-22+. The van der Waals surface area contributed by atoms with Crippen LogP contribution in [0.2, 0.25) is 0 Å². The second-order valence-electron chi connectivity index (χ2n) is 9.18. The van der Waals surface area contributed by atoms with Crippen LogP contribution in [0.15, 0.2) is 78.9 Å². The van der Waals surface area contributed by atoms with Gasteiger partial charge in [-0.3, -0.25) is 0 Å². The maximum absolute atomic E-state index is 2.56. The molecular formula is C32H36. The molecule has 0 saturated carbocycles. The number of hydrogen-bond donors (Lipinski definition) is 0. The number of fused-ring (bicyclic) bond motifs is 1. The lowest BCUT2D eigenvalue weighted by Crippen LogP contribution is -2.01. The summed E-state index contributed by atoms with van der Waals surface area (Å²) in [5.41, 5.74) is 11.1. The van der Waals surface area contributed by atoms with Crippen molar-refractivity contribution in [1.29, 1.82) is 0 Å². The van der Waals surface area contributed by atoms with Gasteiger partial charge in [-0.15, -0.1) is 0 Å². The van der Waals surface area contributed by atoms with Crippen LogP contribution in [0.1, 0.15) is 79.7 Å². The van der Waals surface area contributed by atoms with Gasteiger partial charge in [0.15, 0.2) is 0 Å². The van der Waals surface area contributed by atoms with Crippen LogP contribution in [-0.4, -0.2) is 0 Å². The average molecular weight is 421 g/mol. The molecule has 0 bridgehead atoms. The Morgan fingerprint density at radius 2 is 1.59 bits per heavy atom. The summed E-state index contributed by atoms with van der Waals surface area (Å²) in [5.74, 6) is 0.471. The van der Waals surface area contributed by atoms with Gasteiger partial charge in [0.1, 0.15) is 0 Å². The van der Waals surface area contributed by atoms with Crippen LogP contribution in [0.4, 0.5) is 0 Å². The van der Waals surface area contributed by atoms with Gasteiger partial charge in [0.2, 0.25) is 0 Å². The second kappa shape index (κ2) is 10.6. The van der Waals surface area contributed by atoms with E-state index in [2.05, 4.69) is 106 Å². The molecule has 1 aliphatic rings. The molecule has 0 saturated heterocycles. The van der Waals surface area contributed by atoms with Gasteiger partial charge >= 0.3 is 0 Å². The van der Waals surface area contributed by atoms with Crippen LogP contribution in [0.3, 0.4) is 0 Å². The summed E-state index contributed by atoms with van der Waals surface area (Å²) in [7, 11) is 0. The average Bonchev–Trinajstić information content (AvgIpc) is 2.83. The van der Waals surface area contributed by atoms with Crippen LogP contribution in [0.25, 0.3) is 22.8 Å². The van der Waals surface area contributed by atoms with E-state index in [1.54, 1.807) is 0 Å². The molecule has 1 atom stereocenters. The summed E-state index contributed by atoms with van der Waals surface area (Å²) in [6.45, 7) is 6.72. The number of aryl methyl sites for hydroxylation is 2. The van der Waals surface area contributed by atoms with Crippen molar-refractivity contribution in [3.63, 3.8) is 0 Å². The summed E-state index contributed by atoms with van der Waals surface area (Å²) in [4.78, 5) is 0. The van der Waals surface area contributed by atoms with E-state index in [4.69, 9.17) is 0 Å². The van der Waals surface area contributed by atoms with Crippen LogP contribution < -0.4 is 0 Å². The van der Waals surface area contributed by atoms with Gasteiger partial charge in [-0.1, -0.05) is 117 Å². The molecule has 0 heterocycles. The van der Waals surface area contributed by atoms with E-state index in [0.717, 1.165) is 12.8 Å². The maximum atomic E-state index is 2.56. The lowest BCUT2D eigenvalue weighted by molar-refractivity contribution is 0.715. The molecule has 0 aromatic heterocycles. The first-order chi connectivity index (χ1) is 15.7. The van der Waals surface area contributed by atoms with Crippen molar-refractivity contribution in [2.45, 2.75) is 65.2 Å². The van der Waals surface area contributed by atoms with E-state index >= 15 is 0 Å². The zero-order valence-corrected chi connectivity index (χ0v) is 19.9. The summed E-state index contributed by atoms with van der Waals surface area (Å²) < 4.78 is 0. The van der Waals surface area contributed by atoms with Crippen molar-refractivity contribution >= 4 is 11.6 Å². The predicted molar refractivity (Wildman–Crippen MR) is 141 cm³/mol. The Kier molecular flexibility index (Phi) is 7.43. The van der Waals surface area contributed by atoms with E-state index in [0.29, 0.717) is 5.92 Å². The Morgan fingerprint density at radius 3 is 2.28 bits per heavy atom. The molecule has 1 aliphatic carbocycles. The van der Waals surface area contributed by atoms with Crippen LogP contribution >= 0.6 is 0 Å². The van der Waals surface area contributed by atoms with Gasteiger partial charge in [0, 0.05) is 5.92 Å². The quantitative estimate of drug-likeness (QED) is 0.340. The van der Waals surface area contributed by atoms with Gasteiger partial charge < -0.3 is 0 Å². The van der Waals surface area contributed by atoms with E-state index < -0.39 is 0 Å². The normalized spacial score (nSPS) is 14.3. The Balaban J connectivity index is 1.64. The van der Waals surface area contributed by atoms with Crippen molar-refractivity contribution in [3.8, 4) is 11.1 Å². The minimum absolute atomic E-state index is 0.471. The lowest BCUT2D eigenvalue weighted by atomic mass is 9.86. The Bertz CT molecular complexity index is 1080. The number of rotatable bonds is 8. The fraction of sp³-hybridized carbons (Fsp3) is 0.312. The third-order valence-electron chi connectivity index (χ3n) is 6.64. The first-order valence-electron chi connectivity index (χ1n) is 12.4. The van der Waals surface area contributed by atoms with Crippen LogP contribution in [0.5, 0.6) is 0 Å². The molecule has 0 radical (unpaired) electrons.